The first-order chi connectivity index (χ1) is 14.3. The van der Waals surface area contributed by atoms with Crippen LogP contribution in [0.25, 0.3) is 0 Å². The molecule has 0 spiro atoms. The summed E-state index contributed by atoms with van der Waals surface area (Å²) in [6, 6.07) is 12.2. The lowest BCUT2D eigenvalue weighted by atomic mass is 10.0. The Hall–Kier alpha value is -2.24. The Morgan fingerprint density at radius 1 is 1.07 bits per heavy atom. The van der Waals surface area contributed by atoms with E-state index in [1.165, 1.54) is 10.5 Å². The molecule has 7 heteroatoms. The number of rotatable bonds is 9. The van der Waals surface area contributed by atoms with Crippen LogP contribution in [-0.4, -0.2) is 36.4 Å². The first kappa shape index (κ1) is 24.0. The number of ether oxygens (including phenoxy) is 1. The minimum atomic E-state index is -0.621. The first-order valence-corrected chi connectivity index (χ1v) is 10.7. The highest BCUT2D eigenvalue weighted by atomic mass is 35.5. The van der Waals surface area contributed by atoms with Gasteiger partial charge in [0.2, 0.25) is 5.91 Å². The summed E-state index contributed by atoms with van der Waals surface area (Å²) in [4.78, 5) is 26.9. The maximum Gasteiger partial charge on any atom is 0.261 e. The zero-order valence-electron chi connectivity index (χ0n) is 17.7. The molecular formula is C23H28Cl2N2O3. The number of amides is 2. The van der Waals surface area contributed by atoms with Gasteiger partial charge in [0.1, 0.15) is 11.8 Å². The van der Waals surface area contributed by atoms with Crippen molar-refractivity contribution in [2.24, 2.45) is 0 Å². The molecule has 0 heterocycles. The van der Waals surface area contributed by atoms with Crippen molar-refractivity contribution in [3.05, 3.63) is 63.6 Å². The fraction of sp³-hybridized carbons (Fsp3) is 0.391. The Morgan fingerprint density at radius 2 is 1.73 bits per heavy atom. The molecule has 30 heavy (non-hydrogen) atoms. The van der Waals surface area contributed by atoms with Gasteiger partial charge in [-0.15, -0.1) is 0 Å². The van der Waals surface area contributed by atoms with E-state index in [-0.39, 0.29) is 25.0 Å². The molecule has 0 bridgehead atoms. The van der Waals surface area contributed by atoms with Gasteiger partial charge < -0.3 is 15.0 Å². The number of halogens is 2. The van der Waals surface area contributed by atoms with E-state index in [1.807, 2.05) is 31.2 Å². The number of carbonyl (C=O) groups excluding carboxylic acids is 2. The second-order valence-corrected chi connectivity index (χ2v) is 8.14. The molecule has 0 unspecified atom stereocenters. The van der Waals surface area contributed by atoms with Gasteiger partial charge in [-0.1, -0.05) is 62.2 Å². The number of nitrogens with one attached hydrogen (secondary N) is 1. The van der Waals surface area contributed by atoms with Crippen LogP contribution in [0.4, 0.5) is 0 Å². The number of hydrogen-bond acceptors (Lipinski definition) is 3. The third kappa shape index (κ3) is 6.38. The number of benzene rings is 2. The number of nitrogens with zero attached hydrogens (tertiary/aromatic N) is 1. The summed E-state index contributed by atoms with van der Waals surface area (Å²) in [5.41, 5.74) is 1.97. The van der Waals surface area contributed by atoms with E-state index in [4.69, 9.17) is 27.9 Å². The maximum absolute atomic E-state index is 13.0. The van der Waals surface area contributed by atoms with E-state index < -0.39 is 6.04 Å². The summed E-state index contributed by atoms with van der Waals surface area (Å²) < 4.78 is 5.70. The molecule has 0 radical (unpaired) electrons. The zero-order chi connectivity index (χ0) is 22.3. The molecule has 2 amide bonds. The van der Waals surface area contributed by atoms with Crippen LogP contribution in [0.3, 0.4) is 0 Å². The lowest BCUT2D eigenvalue weighted by molar-refractivity contribution is -0.142. The van der Waals surface area contributed by atoms with Crippen molar-refractivity contribution in [1.29, 1.82) is 0 Å². The third-order valence-corrected chi connectivity index (χ3v) is 5.62. The van der Waals surface area contributed by atoms with Gasteiger partial charge >= 0.3 is 0 Å². The normalized spacial score (nSPS) is 11.8. The topological polar surface area (TPSA) is 58.6 Å². The molecule has 0 fully saturated rings. The van der Waals surface area contributed by atoms with E-state index in [2.05, 4.69) is 19.2 Å². The summed E-state index contributed by atoms with van der Waals surface area (Å²) >= 11 is 12.1. The van der Waals surface area contributed by atoms with Gasteiger partial charge in [-0.05, 0) is 47.7 Å². The summed E-state index contributed by atoms with van der Waals surface area (Å²) in [5.74, 6) is 0.507. The van der Waals surface area contributed by atoms with E-state index >= 15 is 0 Å². The Balaban J connectivity index is 2.18. The van der Waals surface area contributed by atoms with Crippen LogP contribution < -0.4 is 10.1 Å². The Bertz CT molecular complexity index is 869. The van der Waals surface area contributed by atoms with E-state index in [9.17, 15) is 9.59 Å². The Kier molecular flexibility index (Phi) is 9.00. The molecule has 0 aliphatic rings. The van der Waals surface area contributed by atoms with Crippen molar-refractivity contribution in [2.75, 3.05) is 13.7 Å². The van der Waals surface area contributed by atoms with E-state index in [0.29, 0.717) is 28.1 Å². The van der Waals surface area contributed by atoms with Crippen molar-refractivity contribution in [2.45, 2.75) is 45.7 Å². The minimum absolute atomic E-state index is 0.171. The van der Waals surface area contributed by atoms with Gasteiger partial charge in [0.25, 0.3) is 5.91 Å². The van der Waals surface area contributed by atoms with Crippen molar-refractivity contribution < 1.29 is 14.3 Å². The van der Waals surface area contributed by atoms with Crippen LogP contribution >= 0.6 is 23.2 Å². The Morgan fingerprint density at radius 3 is 2.27 bits per heavy atom. The highest BCUT2D eigenvalue weighted by Gasteiger charge is 2.28. The van der Waals surface area contributed by atoms with Gasteiger partial charge in [0.15, 0.2) is 6.61 Å². The molecule has 0 aliphatic heterocycles. The summed E-state index contributed by atoms with van der Waals surface area (Å²) in [7, 11) is 1.56. The smallest absolute Gasteiger partial charge is 0.261 e. The molecule has 5 nitrogen and oxygen atoms in total. The second-order valence-electron chi connectivity index (χ2n) is 7.32. The SMILES string of the molecule is CC[C@@H](C(=O)NC)N(Cc1ccc(Cl)c(Cl)c1)C(=O)COc1ccc(C(C)C)cc1. The lowest BCUT2D eigenvalue weighted by Gasteiger charge is -2.30. The predicted octanol–water partition coefficient (Wildman–Crippen LogP) is 5.05. The molecule has 0 aliphatic carbocycles. The highest BCUT2D eigenvalue weighted by Crippen LogP contribution is 2.24. The molecule has 1 atom stereocenters. The van der Waals surface area contributed by atoms with Gasteiger partial charge in [0, 0.05) is 13.6 Å². The average molecular weight is 451 g/mol. The summed E-state index contributed by atoms with van der Waals surface area (Å²) in [6.07, 6.45) is 0.468. The van der Waals surface area contributed by atoms with Crippen molar-refractivity contribution in [3.8, 4) is 5.75 Å². The number of hydrogen-bond donors (Lipinski definition) is 1. The minimum Gasteiger partial charge on any atom is -0.484 e. The zero-order valence-corrected chi connectivity index (χ0v) is 19.3. The van der Waals surface area contributed by atoms with Gasteiger partial charge in [-0.2, -0.15) is 0 Å². The molecule has 0 saturated heterocycles. The molecule has 0 saturated carbocycles. The quantitative estimate of drug-likeness (QED) is 0.581. The highest BCUT2D eigenvalue weighted by molar-refractivity contribution is 6.42. The number of carbonyl (C=O) groups is 2. The van der Waals surface area contributed by atoms with E-state index in [1.54, 1.807) is 25.2 Å². The first-order valence-electron chi connectivity index (χ1n) is 9.94. The van der Waals surface area contributed by atoms with Gasteiger partial charge in [0.05, 0.1) is 10.0 Å². The van der Waals surface area contributed by atoms with Crippen LogP contribution in [0.1, 0.15) is 44.2 Å². The van der Waals surface area contributed by atoms with Crippen LogP contribution in [-0.2, 0) is 16.1 Å². The predicted molar refractivity (Wildman–Crippen MR) is 121 cm³/mol. The van der Waals surface area contributed by atoms with Crippen LogP contribution in [0, 0.1) is 0 Å². The van der Waals surface area contributed by atoms with Crippen LogP contribution in [0.15, 0.2) is 42.5 Å². The largest absolute Gasteiger partial charge is 0.484 e. The van der Waals surface area contributed by atoms with Gasteiger partial charge in [-0.3, -0.25) is 9.59 Å². The summed E-state index contributed by atoms with van der Waals surface area (Å²) in [5, 5.41) is 3.46. The van der Waals surface area contributed by atoms with Crippen molar-refractivity contribution in [3.63, 3.8) is 0 Å². The average Bonchev–Trinajstić information content (AvgIpc) is 2.74. The number of likely N-dealkylation sites (N-methyl/N-ethyl adjacent to an activating group) is 1. The third-order valence-electron chi connectivity index (χ3n) is 4.88. The maximum atomic E-state index is 13.0. The summed E-state index contributed by atoms with van der Waals surface area (Å²) in [6.45, 7) is 6.14. The van der Waals surface area contributed by atoms with Crippen molar-refractivity contribution >= 4 is 35.0 Å². The second kappa shape index (κ2) is 11.2. The molecule has 2 rings (SSSR count). The molecule has 2 aromatic carbocycles. The Labute approximate surface area is 188 Å². The monoisotopic (exact) mass is 450 g/mol. The standard InChI is InChI=1S/C23H28Cl2N2O3/c1-5-21(23(29)26-4)27(13-16-6-11-19(24)20(25)12-16)22(28)14-30-18-9-7-17(8-10-18)15(2)3/h6-12,15,21H,5,13-14H2,1-4H3,(H,26,29)/t21-/m0/s1. The molecule has 1 N–H and O–H groups in total. The lowest BCUT2D eigenvalue weighted by Crippen LogP contribution is -2.49. The fourth-order valence-electron chi connectivity index (χ4n) is 3.10. The van der Waals surface area contributed by atoms with E-state index in [0.717, 1.165) is 5.56 Å². The van der Waals surface area contributed by atoms with Crippen LogP contribution in [0.5, 0.6) is 5.75 Å². The molecule has 2 aromatic rings. The van der Waals surface area contributed by atoms with Gasteiger partial charge in [-0.25, -0.2) is 0 Å². The van der Waals surface area contributed by atoms with Crippen molar-refractivity contribution in [1.82, 2.24) is 10.2 Å². The molecular weight excluding hydrogens is 423 g/mol. The fourth-order valence-corrected chi connectivity index (χ4v) is 3.42. The molecule has 0 aromatic heterocycles. The van der Waals surface area contributed by atoms with Crippen LogP contribution in [0.2, 0.25) is 10.0 Å². The molecule has 162 valence electrons.